The first-order chi connectivity index (χ1) is 17.0. The molecule has 0 rings (SSSR count). The summed E-state index contributed by atoms with van der Waals surface area (Å²) in [5.74, 6) is 0.240. The number of hydrogen-bond acceptors (Lipinski definition) is 3. The van der Waals surface area contributed by atoms with E-state index in [0.717, 1.165) is 25.7 Å². The van der Waals surface area contributed by atoms with Gasteiger partial charge in [0, 0.05) is 0 Å². The molecule has 0 saturated heterocycles. The maximum atomic E-state index is 11.0. The zero-order valence-electron chi connectivity index (χ0n) is 23.7. The molecule has 35 heavy (non-hydrogen) atoms. The third-order valence-electron chi connectivity index (χ3n) is 7.38. The van der Waals surface area contributed by atoms with E-state index in [1.807, 2.05) is 0 Å². The molecule has 0 aliphatic carbocycles. The zero-order chi connectivity index (χ0) is 25.9. The molecule has 4 nitrogen and oxygen atoms in total. The van der Waals surface area contributed by atoms with E-state index < -0.39 is 10.4 Å². The average Bonchev–Trinajstić information content (AvgIpc) is 2.82. The molecule has 0 radical (unpaired) electrons. The van der Waals surface area contributed by atoms with Crippen LogP contribution in [0, 0.1) is 5.92 Å². The predicted molar refractivity (Wildman–Crippen MR) is 152 cm³/mol. The van der Waals surface area contributed by atoms with Crippen molar-refractivity contribution in [2.45, 2.75) is 181 Å². The molecule has 0 aliphatic rings. The second-order valence-corrected chi connectivity index (χ2v) is 12.0. The van der Waals surface area contributed by atoms with Crippen molar-refractivity contribution >= 4 is 10.4 Å². The van der Waals surface area contributed by atoms with Crippen molar-refractivity contribution in [2.75, 3.05) is 6.61 Å². The molecule has 0 aromatic rings. The van der Waals surface area contributed by atoms with Gasteiger partial charge in [-0.05, 0) is 18.8 Å². The minimum absolute atomic E-state index is 0.132. The third-order valence-corrected chi connectivity index (χ3v) is 7.82. The van der Waals surface area contributed by atoms with Crippen molar-refractivity contribution in [2.24, 2.45) is 5.92 Å². The molecule has 1 N–H and O–H groups in total. The van der Waals surface area contributed by atoms with Gasteiger partial charge in [-0.3, -0.25) is 4.55 Å². The predicted octanol–water partition coefficient (Wildman–Crippen LogP) is 10.6. The van der Waals surface area contributed by atoms with E-state index in [2.05, 4.69) is 13.8 Å². The maximum absolute atomic E-state index is 11.0. The molecule has 0 saturated carbocycles. The fraction of sp³-hybridized carbons (Fsp3) is 1.00. The highest BCUT2D eigenvalue weighted by molar-refractivity contribution is 7.80. The lowest BCUT2D eigenvalue weighted by molar-refractivity contribution is 0.204. The summed E-state index contributed by atoms with van der Waals surface area (Å²) in [5.41, 5.74) is 0. The van der Waals surface area contributed by atoms with Crippen molar-refractivity contribution in [1.82, 2.24) is 0 Å². The van der Waals surface area contributed by atoms with Gasteiger partial charge in [0.25, 0.3) is 0 Å². The first-order valence-electron chi connectivity index (χ1n) is 15.6. The fourth-order valence-corrected chi connectivity index (χ4v) is 5.41. The Hall–Kier alpha value is -0.130. The van der Waals surface area contributed by atoms with Gasteiger partial charge in [0.05, 0.1) is 6.61 Å². The Bertz CT molecular complexity index is 506. The summed E-state index contributed by atoms with van der Waals surface area (Å²) < 4.78 is 35.5. The van der Waals surface area contributed by atoms with Gasteiger partial charge < -0.3 is 0 Å². The molecule has 0 aromatic carbocycles. The summed E-state index contributed by atoms with van der Waals surface area (Å²) in [6.45, 7) is 4.64. The Labute approximate surface area is 220 Å². The van der Waals surface area contributed by atoms with E-state index in [1.54, 1.807) is 0 Å². The van der Waals surface area contributed by atoms with Crippen LogP contribution >= 0.6 is 0 Å². The summed E-state index contributed by atoms with van der Waals surface area (Å²) in [7, 11) is -4.32. The van der Waals surface area contributed by atoms with Gasteiger partial charge in [-0.1, -0.05) is 168 Å². The van der Waals surface area contributed by atoms with Crippen LogP contribution in [0.4, 0.5) is 0 Å². The Morgan fingerprint density at radius 3 is 1.00 bits per heavy atom. The van der Waals surface area contributed by atoms with Crippen LogP contribution in [0.1, 0.15) is 181 Å². The van der Waals surface area contributed by atoms with E-state index >= 15 is 0 Å². The van der Waals surface area contributed by atoms with E-state index in [4.69, 9.17) is 8.74 Å². The van der Waals surface area contributed by atoms with Crippen molar-refractivity contribution in [3.05, 3.63) is 0 Å². The van der Waals surface area contributed by atoms with Crippen LogP contribution in [0.2, 0.25) is 0 Å². The van der Waals surface area contributed by atoms with E-state index in [0.29, 0.717) is 0 Å². The SMILES string of the molecule is CCCCCCCCCCCCCCCCCCCCC(CCCCCCCC)COS(=O)(=O)O. The second-order valence-electron chi connectivity index (χ2n) is 10.9. The van der Waals surface area contributed by atoms with Gasteiger partial charge in [0.15, 0.2) is 0 Å². The summed E-state index contributed by atoms with van der Waals surface area (Å²) >= 11 is 0. The van der Waals surface area contributed by atoms with Crippen LogP contribution in [0.25, 0.3) is 0 Å². The minimum atomic E-state index is -4.32. The molecule has 0 aliphatic heterocycles. The van der Waals surface area contributed by atoms with Crippen LogP contribution in [-0.4, -0.2) is 19.6 Å². The van der Waals surface area contributed by atoms with Crippen molar-refractivity contribution < 1.29 is 17.2 Å². The molecular weight excluding hydrogens is 456 g/mol. The molecular formula is C30H62O4S. The molecule has 5 heteroatoms. The van der Waals surface area contributed by atoms with Gasteiger partial charge in [0.1, 0.15) is 0 Å². The third kappa shape index (κ3) is 30.0. The van der Waals surface area contributed by atoms with Crippen molar-refractivity contribution in [3.63, 3.8) is 0 Å². The van der Waals surface area contributed by atoms with Crippen LogP contribution in [-0.2, 0) is 14.6 Å². The summed E-state index contributed by atoms with van der Waals surface area (Å²) in [6.07, 6.45) is 34.2. The first-order valence-corrected chi connectivity index (χ1v) is 17.0. The highest BCUT2D eigenvalue weighted by Crippen LogP contribution is 2.21. The topological polar surface area (TPSA) is 63.6 Å². The highest BCUT2D eigenvalue weighted by atomic mass is 32.3. The molecule has 1 unspecified atom stereocenters. The Morgan fingerprint density at radius 1 is 0.486 bits per heavy atom. The van der Waals surface area contributed by atoms with Crippen LogP contribution in [0.5, 0.6) is 0 Å². The lowest BCUT2D eigenvalue weighted by Crippen LogP contribution is -2.14. The molecule has 0 bridgehead atoms. The van der Waals surface area contributed by atoms with Gasteiger partial charge in [-0.15, -0.1) is 0 Å². The summed E-state index contributed by atoms with van der Waals surface area (Å²) in [4.78, 5) is 0. The van der Waals surface area contributed by atoms with Crippen LogP contribution in [0.15, 0.2) is 0 Å². The van der Waals surface area contributed by atoms with Gasteiger partial charge in [-0.25, -0.2) is 4.18 Å². The average molecular weight is 519 g/mol. The van der Waals surface area contributed by atoms with Gasteiger partial charge in [-0.2, -0.15) is 8.42 Å². The van der Waals surface area contributed by atoms with E-state index in [1.165, 1.54) is 141 Å². The van der Waals surface area contributed by atoms with E-state index in [9.17, 15) is 8.42 Å². The Morgan fingerprint density at radius 2 is 0.743 bits per heavy atom. The number of rotatable bonds is 29. The van der Waals surface area contributed by atoms with Crippen molar-refractivity contribution in [3.8, 4) is 0 Å². The molecule has 0 aromatic heterocycles. The maximum Gasteiger partial charge on any atom is 0.397 e. The van der Waals surface area contributed by atoms with Gasteiger partial charge >= 0.3 is 10.4 Å². The largest absolute Gasteiger partial charge is 0.397 e. The molecule has 1 atom stereocenters. The van der Waals surface area contributed by atoms with E-state index in [-0.39, 0.29) is 12.5 Å². The molecule has 0 fully saturated rings. The Balaban J connectivity index is 3.56. The minimum Gasteiger partial charge on any atom is -0.264 e. The Kier molecular flexibility index (Phi) is 26.8. The van der Waals surface area contributed by atoms with Crippen molar-refractivity contribution in [1.29, 1.82) is 0 Å². The highest BCUT2D eigenvalue weighted by Gasteiger charge is 2.13. The first kappa shape index (κ1) is 34.9. The second kappa shape index (κ2) is 26.9. The van der Waals surface area contributed by atoms with Crippen LogP contribution < -0.4 is 0 Å². The monoisotopic (exact) mass is 518 g/mol. The normalized spacial score (nSPS) is 12.9. The number of hydrogen-bond donors (Lipinski definition) is 1. The van der Waals surface area contributed by atoms with Crippen LogP contribution in [0.3, 0.4) is 0 Å². The summed E-state index contributed by atoms with van der Waals surface area (Å²) in [6, 6.07) is 0. The van der Waals surface area contributed by atoms with Gasteiger partial charge in [0.2, 0.25) is 0 Å². The zero-order valence-corrected chi connectivity index (χ0v) is 24.6. The summed E-state index contributed by atoms with van der Waals surface area (Å²) in [5, 5.41) is 0. The fourth-order valence-electron chi connectivity index (χ4n) is 5.04. The quantitative estimate of drug-likeness (QED) is 0.0790. The lowest BCUT2D eigenvalue weighted by atomic mass is 9.95. The molecule has 212 valence electrons. The standard InChI is InChI=1S/C30H62O4S/c1-3-5-7-9-11-12-13-14-15-16-17-18-19-20-21-22-24-26-28-30(29-34-35(31,32)33)27-25-23-10-8-6-4-2/h30H,3-29H2,1-2H3,(H,31,32,33). The molecule has 0 spiro atoms. The number of unbranched alkanes of at least 4 members (excludes halogenated alkanes) is 22. The molecule has 0 amide bonds. The lowest BCUT2D eigenvalue weighted by Gasteiger charge is -2.16. The smallest absolute Gasteiger partial charge is 0.264 e. The molecule has 0 heterocycles.